The molecule has 0 amide bonds. The van der Waals surface area contributed by atoms with E-state index in [4.69, 9.17) is 14.8 Å². The van der Waals surface area contributed by atoms with E-state index in [0.29, 0.717) is 5.56 Å². The molecule has 11 heteroatoms. The number of anilines is 2. The maximum absolute atomic E-state index is 14.4. The van der Waals surface area contributed by atoms with Crippen molar-refractivity contribution >= 4 is 21.3 Å². The number of nitrogens with one attached hydrogen (secondary N) is 2. The average molecular weight is 446 g/mol. The summed E-state index contributed by atoms with van der Waals surface area (Å²) in [6, 6.07) is 7.60. The molecule has 0 aliphatic heterocycles. The van der Waals surface area contributed by atoms with Crippen LogP contribution in [0.3, 0.4) is 0 Å². The van der Waals surface area contributed by atoms with Crippen molar-refractivity contribution in [3.8, 4) is 23.2 Å². The molecule has 0 spiro atoms. The van der Waals surface area contributed by atoms with Crippen molar-refractivity contribution in [3.63, 3.8) is 0 Å². The molecule has 0 bridgehead atoms. The van der Waals surface area contributed by atoms with Gasteiger partial charge < -0.3 is 10.1 Å². The lowest BCUT2D eigenvalue weighted by Crippen LogP contribution is -2.04. The van der Waals surface area contributed by atoms with Crippen LogP contribution in [0.4, 0.5) is 24.8 Å². The van der Waals surface area contributed by atoms with Crippen LogP contribution in [0.2, 0.25) is 0 Å². The van der Waals surface area contributed by atoms with Gasteiger partial charge in [-0.05, 0) is 45.5 Å². The highest BCUT2D eigenvalue weighted by atomic mass is 32.2. The Morgan fingerprint density at radius 2 is 1.97 bits per heavy atom. The van der Waals surface area contributed by atoms with Crippen LogP contribution in [-0.2, 0) is 15.4 Å². The number of hydrogen-bond donors (Lipinski definition) is 2. The quantitative estimate of drug-likeness (QED) is 0.517. The van der Waals surface area contributed by atoms with Gasteiger partial charge in [-0.15, -0.1) is 4.36 Å². The van der Waals surface area contributed by atoms with Gasteiger partial charge in [0.05, 0.1) is 13.3 Å². The minimum atomic E-state index is -2.36. The van der Waals surface area contributed by atoms with Crippen LogP contribution in [0, 0.1) is 33.7 Å². The fourth-order valence-corrected chi connectivity index (χ4v) is 3.92. The molecule has 0 saturated heterocycles. The Morgan fingerprint density at radius 1 is 1.19 bits per heavy atom. The van der Waals surface area contributed by atoms with Gasteiger partial charge in [0.2, 0.25) is 12.1 Å². The lowest BCUT2D eigenvalue weighted by molar-refractivity contribution is 0.412. The van der Waals surface area contributed by atoms with E-state index in [1.54, 1.807) is 12.3 Å². The number of rotatable bonds is 6. The monoisotopic (exact) mass is 446 g/mol. The van der Waals surface area contributed by atoms with Gasteiger partial charge in [-0.2, -0.15) is 5.26 Å². The fourth-order valence-electron chi connectivity index (χ4n) is 2.86. The Bertz CT molecular complexity index is 1300. The third-order valence-corrected chi connectivity index (χ3v) is 5.45. The molecule has 7 nitrogen and oxygen atoms in total. The summed E-state index contributed by atoms with van der Waals surface area (Å²) in [7, 11) is -1.03. The second-order valence-corrected chi connectivity index (χ2v) is 9.14. The number of benzene rings is 2. The molecule has 2 aromatic carbocycles. The molecule has 0 aliphatic rings. The molecule has 1 atom stereocenters. The number of ether oxygens (including phenoxy) is 1. The first-order valence-electron chi connectivity index (χ1n) is 8.75. The molecule has 1 aromatic heterocycles. The highest BCUT2D eigenvalue weighted by Gasteiger charge is 2.15. The molecule has 3 rings (SSSR count). The average Bonchev–Trinajstić information content (AvgIpc) is 2.68. The summed E-state index contributed by atoms with van der Waals surface area (Å²) in [4.78, 5) is 7.99. The molecule has 160 valence electrons. The van der Waals surface area contributed by atoms with Crippen molar-refractivity contribution in [1.29, 1.82) is 10.0 Å². The van der Waals surface area contributed by atoms with Crippen molar-refractivity contribution in [3.05, 3.63) is 65.6 Å². The van der Waals surface area contributed by atoms with Gasteiger partial charge in [-0.25, -0.2) is 23.1 Å². The van der Waals surface area contributed by atoms with Gasteiger partial charge in [0, 0.05) is 29.3 Å². The normalized spacial score (nSPS) is 12.5. The zero-order valence-electron chi connectivity index (χ0n) is 16.5. The van der Waals surface area contributed by atoms with E-state index >= 15 is 0 Å². The van der Waals surface area contributed by atoms with Gasteiger partial charge in [0.25, 0.3) is 0 Å². The summed E-state index contributed by atoms with van der Waals surface area (Å²) in [5.74, 6) is -1.73. The van der Waals surface area contributed by atoms with Gasteiger partial charge >= 0.3 is 0 Å². The largest absolute Gasteiger partial charge is 0.496 e. The van der Waals surface area contributed by atoms with Gasteiger partial charge in [-0.1, -0.05) is 0 Å². The Hall–Kier alpha value is -3.65. The maximum Gasteiger partial charge on any atom is 0.227 e. The maximum atomic E-state index is 14.4. The standard InChI is InChI=1S/C20H17F3N6OS/c1-30-18-8-13(21)3-4-16(18)19-17(23)9-26-20(29-19)28-15-6-12(5-14(22)7-15)10-31(2,25)27-11-24/h3-9,25H,10H2,1-2H3,(H,26,28,29). The Labute approximate surface area is 177 Å². The van der Waals surface area contributed by atoms with Crippen LogP contribution < -0.4 is 10.1 Å². The summed E-state index contributed by atoms with van der Waals surface area (Å²) >= 11 is 0. The molecular weight excluding hydrogens is 429 g/mol. The first-order valence-corrected chi connectivity index (χ1v) is 10.9. The third-order valence-electron chi connectivity index (χ3n) is 4.07. The van der Waals surface area contributed by atoms with E-state index in [1.165, 1.54) is 31.6 Å². The Balaban J connectivity index is 1.96. The smallest absolute Gasteiger partial charge is 0.227 e. The van der Waals surface area contributed by atoms with E-state index in [-0.39, 0.29) is 34.4 Å². The molecule has 0 saturated carbocycles. The number of methoxy groups -OCH3 is 1. The summed E-state index contributed by atoms with van der Waals surface area (Å²) < 4.78 is 58.7. The highest BCUT2D eigenvalue weighted by Crippen LogP contribution is 2.31. The molecule has 0 aliphatic carbocycles. The van der Waals surface area contributed by atoms with Crippen molar-refractivity contribution in [2.24, 2.45) is 4.36 Å². The predicted octanol–water partition coefficient (Wildman–Crippen LogP) is 5.02. The Kier molecular flexibility index (Phi) is 6.41. The lowest BCUT2D eigenvalue weighted by atomic mass is 10.1. The van der Waals surface area contributed by atoms with Crippen molar-refractivity contribution in [2.75, 3.05) is 18.7 Å². The van der Waals surface area contributed by atoms with E-state index in [9.17, 15) is 13.2 Å². The predicted molar refractivity (Wildman–Crippen MR) is 111 cm³/mol. The van der Waals surface area contributed by atoms with Crippen LogP contribution in [-0.4, -0.2) is 23.3 Å². The van der Waals surface area contributed by atoms with Crippen molar-refractivity contribution in [2.45, 2.75) is 5.75 Å². The van der Waals surface area contributed by atoms with Crippen LogP contribution in [0.5, 0.6) is 5.75 Å². The molecule has 1 unspecified atom stereocenters. The first-order chi connectivity index (χ1) is 14.7. The number of aromatic nitrogens is 2. The highest BCUT2D eigenvalue weighted by molar-refractivity contribution is 7.93. The minimum Gasteiger partial charge on any atom is -0.496 e. The zero-order chi connectivity index (χ0) is 22.6. The SMILES string of the molecule is COc1cc(F)ccc1-c1nc(Nc2cc(F)cc(CS(C)(=N)=NC#N)c2)ncc1F. The second-order valence-electron chi connectivity index (χ2n) is 6.58. The topological polar surface area (TPSA) is 107 Å². The molecule has 1 heterocycles. The van der Waals surface area contributed by atoms with Crippen LogP contribution in [0.15, 0.2) is 47.0 Å². The van der Waals surface area contributed by atoms with Gasteiger partial charge in [-0.3, -0.25) is 4.78 Å². The first kappa shape index (κ1) is 22.0. The van der Waals surface area contributed by atoms with Crippen molar-refractivity contribution < 1.29 is 17.9 Å². The lowest BCUT2D eigenvalue weighted by Gasteiger charge is -2.12. The molecular formula is C20H17F3N6OS. The molecule has 31 heavy (non-hydrogen) atoms. The van der Waals surface area contributed by atoms with E-state index in [1.807, 2.05) is 0 Å². The fraction of sp³-hybridized carbons (Fsp3) is 0.150. The van der Waals surface area contributed by atoms with Crippen LogP contribution in [0.25, 0.3) is 11.3 Å². The van der Waals surface area contributed by atoms with E-state index in [2.05, 4.69) is 19.6 Å². The number of nitriles is 1. The zero-order valence-corrected chi connectivity index (χ0v) is 17.3. The van der Waals surface area contributed by atoms with Gasteiger partial charge in [0.15, 0.2) is 5.82 Å². The summed E-state index contributed by atoms with van der Waals surface area (Å²) in [5, 5.41) is 11.5. The minimum absolute atomic E-state index is 0.0259. The van der Waals surface area contributed by atoms with Gasteiger partial charge in [0.1, 0.15) is 23.1 Å². The Morgan fingerprint density at radius 3 is 2.68 bits per heavy atom. The number of nitrogens with zero attached hydrogens (tertiary/aromatic N) is 4. The summed E-state index contributed by atoms with van der Waals surface area (Å²) in [5.41, 5.74) is 0.822. The van der Waals surface area contributed by atoms with Crippen LogP contribution >= 0.6 is 0 Å². The molecule has 2 N–H and O–H groups in total. The molecule has 0 fully saturated rings. The molecule has 3 aromatic rings. The number of hydrogen-bond acceptors (Lipinski definition) is 7. The van der Waals surface area contributed by atoms with Crippen LogP contribution in [0.1, 0.15) is 5.56 Å². The van der Waals surface area contributed by atoms with Crippen molar-refractivity contribution in [1.82, 2.24) is 9.97 Å². The van der Waals surface area contributed by atoms with E-state index in [0.717, 1.165) is 18.3 Å². The third kappa shape index (κ3) is 5.49. The summed E-state index contributed by atoms with van der Waals surface area (Å²) in [6.07, 6.45) is 4.06. The van der Waals surface area contributed by atoms with E-state index < -0.39 is 27.1 Å². The number of halogens is 3. The summed E-state index contributed by atoms with van der Waals surface area (Å²) in [6.45, 7) is 0. The molecule has 0 radical (unpaired) electrons. The second kappa shape index (κ2) is 9.01.